The predicted octanol–water partition coefficient (Wildman–Crippen LogP) is 2.92. The smallest absolute Gasteiger partial charge is 0.241 e. The second kappa shape index (κ2) is 5.67. The van der Waals surface area contributed by atoms with Gasteiger partial charge < -0.3 is 11.1 Å². The molecule has 1 amide bonds. The molecule has 19 heavy (non-hydrogen) atoms. The van der Waals surface area contributed by atoms with Crippen molar-refractivity contribution in [2.24, 2.45) is 11.7 Å². The number of anilines is 1. The van der Waals surface area contributed by atoms with Crippen LogP contribution in [0.3, 0.4) is 0 Å². The number of benzene rings is 1. The Morgan fingerprint density at radius 2 is 2.26 bits per heavy atom. The maximum absolute atomic E-state index is 12.0. The van der Waals surface area contributed by atoms with Gasteiger partial charge in [0.15, 0.2) is 0 Å². The zero-order chi connectivity index (χ0) is 14.0. The van der Waals surface area contributed by atoms with Crippen LogP contribution in [0.5, 0.6) is 0 Å². The minimum Gasteiger partial charge on any atom is -0.325 e. The van der Waals surface area contributed by atoms with Gasteiger partial charge in [-0.1, -0.05) is 20.3 Å². The number of carbonyl (C=O) groups is 1. The van der Waals surface area contributed by atoms with Crippen molar-refractivity contribution in [2.45, 2.75) is 33.2 Å². The van der Waals surface area contributed by atoms with Crippen LogP contribution in [0.2, 0.25) is 0 Å². The van der Waals surface area contributed by atoms with Crippen LogP contribution < -0.4 is 11.1 Å². The van der Waals surface area contributed by atoms with Crippen molar-refractivity contribution >= 4 is 33.1 Å². The molecule has 4 nitrogen and oxygen atoms in total. The van der Waals surface area contributed by atoms with Gasteiger partial charge in [0.1, 0.15) is 0 Å². The summed E-state index contributed by atoms with van der Waals surface area (Å²) in [7, 11) is 0. The maximum Gasteiger partial charge on any atom is 0.241 e. The summed E-state index contributed by atoms with van der Waals surface area (Å²) in [6, 6.07) is 5.26. The van der Waals surface area contributed by atoms with Crippen LogP contribution in [-0.4, -0.2) is 16.9 Å². The van der Waals surface area contributed by atoms with Crippen molar-refractivity contribution in [1.82, 2.24) is 4.98 Å². The Bertz CT molecular complexity index is 593. The number of hydrogen-bond donors (Lipinski definition) is 2. The third-order valence-corrected chi connectivity index (χ3v) is 4.26. The lowest BCUT2D eigenvalue weighted by molar-refractivity contribution is -0.118. The summed E-state index contributed by atoms with van der Waals surface area (Å²) in [5.74, 6) is 0.0457. The van der Waals surface area contributed by atoms with Gasteiger partial charge in [0, 0.05) is 5.69 Å². The summed E-state index contributed by atoms with van der Waals surface area (Å²) in [4.78, 5) is 16.4. The molecule has 1 aromatic carbocycles. The lowest BCUT2D eigenvalue weighted by Gasteiger charge is -2.17. The van der Waals surface area contributed by atoms with E-state index in [9.17, 15) is 4.79 Å². The summed E-state index contributed by atoms with van der Waals surface area (Å²) < 4.78 is 1.08. The molecule has 0 aliphatic heterocycles. The Morgan fingerprint density at radius 3 is 2.95 bits per heavy atom. The molecule has 102 valence electrons. The first kappa shape index (κ1) is 14.0. The first-order chi connectivity index (χ1) is 9.01. The first-order valence-electron chi connectivity index (χ1n) is 6.45. The fraction of sp³-hybridized carbons (Fsp3) is 0.429. The zero-order valence-corrected chi connectivity index (χ0v) is 12.3. The van der Waals surface area contributed by atoms with Crippen molar-refractivity contribution < 1.29 is 4.79 Å². The molecule has 0 spiro atoms. The molecule has 1 unspecified atom stereocenters. The molecule has 1 heterocycles. The molecule has 0 bridgehead atoms. The predicted molar refractivity (Wildman–Crippen MR) is 80.4 cm³/mol. The van der Waals surface area contributed by atoms with Crippen molar-refractivity contribution in [1.29, 1.82) is 0 Å². The zero-order valence-electron chi connectivity index (χ0n) is 11.4. The van der Waals surface area contributed by atoms with E-state index in [4.69, 9.17) is 5.73 Å². The molecule has 5 heteroatoms. The number of aryl methyl sites for hydroxylation is 1. The van der Waals surface area contributed by atoms with E-state index < -0.39 is 6.04 Å². The minimum atomic E-state index is -0.469. The largest absolute Gasteiger partial charge is 0.325 e. The van der Waals surface area contributed by atoms with Gasteiger partial charge in [-0.15, -0.1) is 11.3 Å². The number of hydrogen-bond acceptors (Lipinski definition) is 4. The van der Waals surface area contributed by atoms with Gasteiger partial charge >= 0.3 is 0 Å². The lowest BCUT2D eigenvalue weighted by Crippen LogP contribution is -2.40. The number of thiazole rings is 1. The number of carbonyl (C=O) groups excluding carboxylic acids is 1. The van der Waals surface area contributed by atoms with Gasteiger partial charge in [-0.3, -0.25) is 4.79 Å². The normalized spacial score (nSPS) is 14.3. The Morgan fingerprint density at radius 1 is 1.53 bits per heavy atom. The first-order valence-corrected chi connectivity index (χ1v) is 7.26. The summed E-state index contributed by atoms with van der Waals surface area (Å²) in [5, 5.41) is 3.90. The Balaban J connectivity index is 2.14. The van der Waals surface area contributed by atoms with E-state index in [0.29, 0.717) is 0 Å². The number of nitrogens with one attached hydrogen (secondary N) is 1. The molecule has 0 aliphatic rings. The third kappa shape index (κ3) is 3.11. The standard InChI is InChI=1S/C14H19N3OS/c1-4-8(2)13(15)14(18)17-10-5-6-11-12(7-10)19-9(3)16-11/h5-8,13H,4,15H2,1-3H3,(H,17,18)/t8?,13-/m0/s1. The van der Waals surface area contributed by atoms with E-state index in [1.54, 1.807) is 11.3 Å². The van der Waals surface area contributed by atoms with Crippen molar-refractivity contribution in [2.75, 3.05) is 5.32 Å². The Labute approximate surface area is 117 Å². The van der Waals surface area contributed by atoms with Gasteiger partial charge in [0.2, 0.25) is 5.91 Å². The minimum absolute atomic E-state index is 0.130. The van der Waals surface area contributed by atoms with Crippen LogP contribution in [0, 0.1) is 12.8 Å². The number of aromatic nitrogens is 1. The van der Waals surface area contributed by atoms with Crippen LogP contribution in [-0.2, 0) is 4.79 Å². The van der Waals surface area contributed by atoms with E-state index in [2.05, 4.69) is 10.3 Å². The molecule has 2 aromatic rings. The van der Waals surface area contributed by atoms with E-state index in [-0.39, 0.29) is 11.8 Å². The van der Waals surface area contributed by atoms with Crippen LogP contribution >= 0.6 is 11.3 Å². The summed E-state index contributed by atoms with van der Waals surface area (Å²) in [5.41, 5.74) is 7.66. The number of fused-ring (bicyclic) bond motifs is 1. The van der Waals surface area contributed by atoms with E-state index in [1.807, 2.05) is 39.0 Å². The van der Waals surface area contributed by atoms with Gasteiger partial charge in [-0.2, -0.15) is 0 Å². The number of amides is 1. The van der Waals surface area contributed by atoms with Crippen LogP contribution in [0.4, 0.5) is 5.69 Å². The monoisotopic (exact) mass is 277 g/mol. The molecule has 3 N–H and O–H groups in total. The van der Waals surface area contributed by atoms with Gasteiger partial charge in [-0.05, 0) is 31.0 Å². The maximum atomic E-state index is 12.0. The molecule has 0 radical (unpaired) electrons. The summed E-state index contributed by atoms with van der Waals surface area (Å²) in [6.07, 6.45) is 0.891. The van der Waals surface area contributed by atoms with Crippen molar-refractivity contribution in [3.05, 3.63) is 23.2 Å². The molecule has 0 saturated heterocycles. The highest BCUT2D eigenvalue weighted by Crippen LogP contribution is 2.24. The number of rotatable bonds is 4. The second-order valence-corrected chi connectivity index (χ2v) is 6.05. The van der Waals surface area contributed by atoms with Crippen LogP contribution in [0.1, 0.15) is 25.3 Å². The van der Waals surface area contributed by atoms with E-state index in [0.717, 1.165) is 27.3 Å². The highest BCUT2D eigenvalue weighted by molar-refractivity contribution is 7.18. The molecule has 0 saturated carbocycles. The van der Waals surface area contributed by atoms with E-state index >= 15 is 0 Å². The lowest BCUT2D eigenvalue weighted by atomic mass is 9.99. The summed E-state index contributed by atoms with van der Waals surface area (Å²) in [6.45, 7) is 5.99. The molecule has 0 fully saturated rings. The molecule has 2 atom stereocenters. The average Bonchev–Trinajstić information content (AvgIpc) is 2.76. The SMILES string of the molecule is CCC(C)[C@H](N)C(=O)Nc1ccc2nc(C)sc2c1. The number of nitrogens with zero attached hydrogens (tertiary/aromatic N) is 1. The molecular weight excluding hydrogens is 258 g/mol. The fourth-order valence-corrected chi connectivity index (χ4v) is 2.72. The molecule has 1 aromatic heterocycles. The number of nitrogens with two attached hydrogens (primary N) is 1. The van der Waals surface area contributed by atoms with Gasteiger partial charge in [0.25, 0.3) is 0 Å². The highest BCUT2D eigenvalue weighted by atomic mass is 32.1. The molecule has 0 aliphatic carbocycles. The van der Waals surface area contributed by atoms with Crippen molar-refractivity contribution in [3.63, 3.8) is 0 Å². The van der Waals surface area contributed by atoms with Crippen LogP contribution in [0.15, 0.2) is 18.2 Å². The van der Waals surface area contributed by atoms with Gasteiger partial charge in [-0.25, -0.2) is 4.98 Å². The summed E-state index contributed by atoms with van der Waals surface area (Å²) >= 11 is 1.62. The molecule has 2 rings (SSSR count). The van der Waals surface area contributed by atoms with E-state index in [1.165, 1.54) is 0 Å². The fourth-order valence-electron chi connectivity index (χ4n) is 1.86. The van der Waals surface area contributed by atoms with Crippen molar-refractivity contribution in [3.8, 4) is 0 Å². The highest BCUT2D eigenvalue weighted by Gasteiger charge is 2.19. The second-order valence-electron chi connectivity index (χ2n) is 4.82. The topological polar surface area (TPSA) is 68.0 Å². The Kier molecular flexibility index (Phi) is 4.17. The quantitative estimate of drug-likeness (QED) is 0.903. The Hall–Kier alpha value is -1.46. The van der Waals surface area contributed by atoms with Gasteiger partial charge in [0.05, 0.1) is 21.3 Å². The van der Waals surface area contributed by atoms with Crippen LogP contribution in [0.25, 0.3) is 10.2 Å². The molecular formula is C14H19N3OS. The average molecular weight is 277 g/mol. The third-order valence-electron chi connectivity index (χ3n) is 3.32.